The molecular formula is C5H6BrKO3. The molecule has 10 heavy (non-hydrogen) atoms. The van der Waals surface area contributed by atoms with Crippen molar-refractivity contribution in [1.82, 2.24) is 0 Å². The van der Waals surface area contributed by atoms with E-state index in [2.05, 4.69) is 20.7 Å². The standard InChI is InChI=1S/C5H7BrO3.K/c1-2-9-5(8)4(6)3-7;/h3,7H,2H2,1H3;/q;+1/p-1/b4-3-;. The molecule has 0 aliphatic rings. The Balaban J connectivity index is 0. The first kappa shape index (κ1) is 13.7. The topological polar surface area (TPSA) is 49.4 Å². The summed E-state index contributed by atoms with van der Waals surface area (Å²) in [4.78, 5) is 10.4. The maximum absolute atomic E-state index is 10.4. The second-order valence-corrected chi connectivity index (χ2v) is 2.04. The number of halogens is 1. The van der Waals surface area contributed by atoms with Crippen molar-refractivity contribution in [3.05, 3.63) is 10.7 Å². The molecule has 0 aromatic carbocycles. The summed E-state index contributed by atoms with van der Waals surface area (Å²) in [6.45, 7) is 1.95. The van der Waals surface area contributed by atoms with Gasteiger partial charge in [-0.15, -0.1) is 6.26 Å². The van der Waals surface area contributed by atoms with Crippen molar-refractivity contribution in [2.45, 2.75) is 6.92 Å². The Kier molecular flexibility index (Phi) is 11.3. The van der Waals surface area contributed by atoms with Crippen molar-refractivity contribution in [1.29, 1.82) is 0 Å². The molecule has 0 amide bonds. The van der Waals surface area contributed by atoms with Crippen LogP contribution in [-0.4, -0.2) is 12.6 Å². The van der Waals surface area contributed by atoms with Gasteiger partial charge in [-0.3, -0.25) is 0 Å². The second kappa shape index (κ2) is 8.23. The van der Waals surface area contributed by atoms with Crippen molar-refractivity contribution >= 4 is 21.9 Å². The minimum atomic E-state index is -0.618. The third-order valence-corrected chi connectivity index (χ3v) is 1.08. The summed E-state index contributed by atoms with van der Waals surface area (Å²) in [6, 6.07) is 0. The monoisotopic (exact) mass is 232 g/mol. The fourth-order valence-corrected chi connectivity index (χ4v) is 0.363. The Hall–Kier alpha value is 1.13. The zero-order valence-corrected chi connectivity index (χ0v) is 10.6. The van der Waals surface area contributed by atoms with Gasteiger partial charge in [-0.2, -0.15) is 0 Å². The largest absolute Gasteiger partial charge is 1.00 e. The molecule has 0 aromatic rings. The minimum Gasteiger partial charge on any atom is -0.877 e. The number of esters is 1. The van der Waals surface area contributed by atoms with E-state index in [9.17, 15) is 9.90 Å². The van der Waals surface area contributed by atoms with E-state index < -0.39 is 5.97 Å². The Morgan fingerprint density at radius 1 is 1.80 bits per heavy atom. The first-order valence-electron chi connectivity index (χ1n) is 2.37. The van der Waals surface area contributed by atoms with Gasteiger partial charge in [0.2, 0.25) is 0 Å². The summed E-state index contributed by atoms with van der Waals surface area (Å²) in [5, 5.41) is 9.84. The third kappa shape index (κ3) is 5.88. The van der Waals surface area contributed by atoms with Crippen molar-refractivity contribution in [3.63, 3.8) is 0 Å². The zero-order valence-electron chi connectivity index (χ0n) is 5.89. The van der Waals surface area contributed by atoms with Gasteiger partial charge in [-0.05, 0) is 22.9 Å². The number of hydrogen-bond donors (Lipinski definition) is 0. The molecule has 0 aromatic heterocycles. The Morgan fingerprint density at radius 2 is 2.30 bits per heavy atom. The van der Waals surface area contributed by atoms with Crippen molar-refractivity contribution in [2.75, 3.05) is 6.61 Å². The fraction of sp³-hybridized carbons (Fsp3) is 0.400. The van der Waals surface area contributed by atoms with Crippen LogP contribution in [0.25, 0.3) is 0 Å². The summed E-state index contributed by atoms with van der Waals surface area (Å²) < 4.78 is 4.36. The van der Waals surface area contributed by atoms with Crippen LogP contribution in [0.2, 0.25) is 0 Å². The number of rotatable bonds is 2. The van der Waals surface area contributed by atoms with Gasteiger partial charge in [0.1, 0.15) is 0 Å². The third-order valence-electron chi connectivity index (χ3n) is 0.574. The van der Waals surface area contributed by atoms with E-state index >= 15 is 0 Å². The molecule has 0 atom stereocenters. The van der Waals surface area contributed by atoms with E-state index in [-0.39, 0.29) is 62.5 Å². The molecule has 0 aliphatic heterocycles. The first-order valence-corrected chi connectivity index (χ1v) is 3.16. The van der Waals surface area contributed by atoms with E-state index in [1.54, 1.807) is 6.92 Å². The molecular weight excluding hydrogens is 227 g/mol. The van der Waals surface area contributed by atoms with Gasteiger partial charge < -0.3 is 9.84 Å². The van der Waals surface area contributed by atoms with Crippen LogP contribution < -0.4 is 56.5 Å². The van der Waals surface area contributed by atoms with Crippen molar-refractivity contribution in [3.8, 4) is 0 Å². The van der Waals surface area contributed by atoms with Crippen LogP contribution in [0.5, 0.6) is 0 Å². The average Bonchev–Trinajstić information content (AvgIpc) is 1.87. The van der Waals surface area contributed by atoms with Crippen molar-refractivity contribution < 1.29 is 66.0 Å². The summed E-state index contributed by atoms with van der Waals surface area (Å²) in [5.41, 5.74) is 0. The van der Waals surface area contributed by atoms with Gasteiger partial charge in [0, 0.05) is 0 Å². The average molecular weight is 233 g/mol. The molecule has 0 rings (SSSR count). The van der Waals surface area contributed by atoms with E-state index in [0.29, 0.717) is 6.26 Å². The van der Waals surface area contributed by atoms with Crippen LogP contribution in [0.3, 0.4) is 0 Å². The Labute approximate surface area is 110 Å². The number of carbonyl (C=O) groups excluding carboxylic acids is 1. The Morgan fingerprint density at radius 3 is 2.60 bits per heavy atom. The summed E-state index contributed by atoms with van der Waals surface area (Å²) >= 11 is 2.72. The molecule has 0 radical (unpaired) electrons. The quantitative estimate of drug-likeness (QED) is 0.223. The fourth-order valence-electron chi connectivity index (χ4n) is 0.248. The number of carbonyl (C=O) groups is 1. The smallest absolute Gasteiger partial charge is 0.877 e. The van der Waals surface area contributed by atoms with Gasteiger partial charge in [0.05, 0.1) is 11.1 Å². The molecule has 0 saturated heterocycles. The first-order chi connectivity index (χ1) is 4.22. The molecule has 3 nitrogen and oxygen atoms in total. The van der Waals surface area contributed by atoms with Crippen LogP contribution in [0.1, 0.15) is 6.92 Å². The van der Waals surface area contributed by atoms with Gasteiger partial charge in [0.15, 0.2) is 0 Å². The van der Waals surface area contributed by atoms with Crippen LogP contribution >= 0.6 is 15.9 Å². The second-order valence-electron chi connectivity index (χ2n) is 1.19. The molecule has 0 heterocycles. The van der Waals surface area contributed by atoms with Gasteiger partial charge in [-0.25, -0.2) is 4.79 Å². The van der Waals surface area contributed by atoms with Crippen LogP contribution in [0.4, 0.5) is 0 Å². The van der Waals surface area contributed by atoms with E-state index in [1.165, 1.54) is 0 Å². The molecule has 0 unspecified atom stereocenters. The predicted molar refractivity (Wildman–Crippen MR) is 33.6 cm³/mol. The van der Waals surface area contributed by atoms with Gasteiger partial charge >= 0.3 is 57.4 Å². The van der Waals surface area contributed by atoms with Crippen LogP contribution in [-0.2, 0) is 9.53 Å². The van der Waals surface area contributed by atoms with E-state index in [0.717, 1.165) is 0 Å². The normalized spacial score (nSPS) is 10.0. The van der Waals surface area contributed by atoms with Crippen LogP contribution in [0, 0.1) is 0 Å². The SMILES string of the molecule is CCOC(=O)/C(Br)=C/[O-].[K+]. The molecule has 52 valence electrons. The van der Waals surface area contributed by atoms with E-state index in [4.69, 9.17) is 0 Å². The summed E-state index contributed by atoms with van der Waals surface area (Å²) in [6.07, 6.45) is 0.401. The number of hydrogen-bond acceptors (Lipinski definition) is 3. The molecule has 0 bridgehead atoms. The molecule has 0 spiro atoms. The Bertz CT molecular complexity index is 135. The predicted octanol–water partition coefficient (Wildman–Crippen LogP) is -2.85. The molecule has 5 heteroatoms. The minimum absolute atomic E-state index is 0. The zero-order chi connectivity index (χ0) is 7.28. The number of ether oxygens (including phenoxy) is 1. The molecule has 0 N–H and O–H groups in total. The molecule has 0 fully saturated rings. The van der Waals surface area contributed by atoms with Crippen LogP contribution in [0.15, 0.2) is 10.7 Å². The molecule has 0 aliphatic carbocycles. The van der Waals surface area contributed by atoms with E-state index in [1.807, 2.05) is 0 Å². The maximum atomic E-state index is 10.4. The van der Waals surface area contributed by atoms with Gasteiger partial charge in [-0.1, -0.05) is 0 Å². The van der Waals surface area contributed by atoms with Gasteiger partial charge in [0.25, 0.3) is 0 Å². The molecule has 0 saturated carbocycles. The maximum Gasteiger partial charge on any atom is 1.00 e. The summed E-state index contributed by atoms with van der Waals surface area (Å²) in [7, 11) is 0. The van der Waals surface area contributed by atoms with Crippen molar-refractivity contribution in [2.24, 2.45) is 0 Å². The summed E-state index contributed by atoms with van der Waals surface area (Å²) in [5.74, 6) is -0.618.